The zero-order valence-electron chi connectivity index (χ0n) is 10.3. The second-order valence-corrected chi connectivity index (χ2v) is 5.19. The van der Waals surface area contributed by atoms with Gasteiger partial charge in [-0.15, -0.1) is 0 Å². The van der Waals surface area contributed by atoms with E-state index < -0.39 is 18.1 Å². The fourth-order valence-electron chi connectivity index (χ4n) is 2.76. The maximum Gasteiger partial charge on any atom is 0.326 e. The predicted octanol–water partition coefficient (Wildman–Crippen LogP) is -0.577. The summed E-state index contributed by atoms with van der Waals surface area (Å²) in [5, 5.41) is 21.7. The Bertz CT molecular complexity index is 328. The summed E-state index contributed by atoms with van der Waals surface area (Å²) in [7, 11) is 0. The molecule has 0 aromatic rings. The molecule has 2 rings (SSSR count). The molecule has 0 aromatic carbocycles. The van der Waals surface area contributed by atoms with Gasteiger partial charge in [0, 0.05) is 19.4 Å². The first kappa shape index (κ1) is 13.3. The molecule has 6 nitrogen and oxygen atoms in total. The van der Waals surface area contributed by atoms with E-state index in [1.165, 1.54) is 4.90 Å². The lowest BCUT2D eigenvalue weighted by atomic mass is 10.0. The van der Waals surface area contributed by atoms with Crippen molar-refractivity contribution >= 4 is 11.9 Å². The third-order valence-electron chi connectivity index (χ3n) is 3.81. The van der Waals surface area contributed by atoms with Crippen molar-refractivity contribution in [3.8, 4) is 0 Å². The lowest BCUT2D eigenvalue weighted by Crippen LogP contribution is -2.40. The molecular formula is C12H20N2O4. The minimum absolute atomic E-state index is 0.145. The molecule has 102 valence electrons. The number of carbonyl (C=O) groups excluding carboxylic acids is 1. The third kappa shape index (κ3) is 3.00. The van der Waals surface area contributed by atoms with Gasteiger partial charge >= 0.3 is 5.97 Å². The monoisotopic (exact) mass is 256 g/mol. The van der Waals surface area contributed by atoms with Crippen LogP contribution in [-0.4, -0.2) is 58.8 Å². The van der Waals surface area contributed by atoms with Gasteiger partial charge in [-0.25, -0.2) is 4.79 Å². The molecule has 0 spiro atoms. The Morgan fingerprint density at radius 3 is 2.78 bits per heavy atom. The number of aliphatic carboxylic acids is 1. The fraction of sp³-hybridized carbons (Fsp3) is 0.833. The SMILES string of the molecule is O=C(O)C1CC(O)CN1C(=O)CCC1CCNC1. The van der Waals surface area contributed by atoms with E-state index in [4.69, 9.17) is 5.11 Å². The van der Waals surface area contributed by atoms with Gasteiger partial charge in [0.2, 0.25) is 5.91 Å². The number of likely N-dealkylation sites (tertiary alicyclic amines) is 1. The summed E-state index contributed by atoms with van der Waals surface area (Å²) in [4.78, 5) is 24.3. The molecule has 0 bridgehead atoms. The molecule has 2 heterocycles. The zero-order valence-corrected chi connectivity index (χ0v) is 10.3. The van der Waals surface area contributed by atoms with E-state index in [9.17, 15) is 14.7 Å². The average molecular weight is 256 g/mol. The van der Waals surface area contributed by atoms with Gasteiger partial charge in [0.1, 0.15) is 6.04 Å². The molecule has 3 unspecified atom stereocenters. The number of carboxylic acid groups (broad SMARTS) is 1. The quantitative estimate of drug-likeness (QED) is 0.626. The highest BCUT2D eigenvalue weighted by molar-refractivity contribution is 5.84. The number of carboxylic acids is 1. The molecule has 6 heteroatoms. The van der Waals surface area contributed by atoms with Gasteiger partial charge in [0.25, 0.3) is 0 Å². The number of rotatable bonds is 4. The highest BCUT2D eigenvalue weighted by Crippen LogP contribution is 2.21. The first-order valence-electron chi connectivity index (χ1n) is 6.49. The molecule has 2 aliphatic heterocycles. The van der Waals surface area contributed by atoms with Crippen LogP contribution in [0, 0.1) is 5.92 Å². The lowest BCUT2D eigenvalue weighted by Gasteiger charge is -2.21. The molecule has 3 N–H and O–H groups in total. The summed E-state index contributed by atoms with van der Waals surface area (Å²) in [6.45, 7) is 2.09. The Labute approximate surface area is 106 Å². The Morgan fingerprint density at radius 1 is 1.39 bits per heavy atom. The van der Waals surface area contributed by atoms with Crippen LogP contribution in [0.3, 0.4) is 0 Å². The van der Waals surface area contributed by atoms with Gasteiger partial charge in [0.15, 0.2) is 0 Å². The molecule has 0 radical (unpaired) electrons. The molecule has 1 amide bonds. The molecule has 0 aliphatic carbocycles. The molecular weight excluding hydrogens is 236 g/mol. The van der Waals surface area contributed by atoms with Gasteiger partial charge in [-0.05, 0) is 31.8 Å². The summed E-state index contributed by atoms with van der Waals surface area (Å²) in [5.41, 5.74) is 0. The van der Waals surface area contributed by atoms with Crippen LogP contribution in [0.5, 0.6) is 0 Å². The smallest absolute Gasteiger partial charge is 0.326 e. The van der Waals surface area contributed by atoms with E-state index in [2.05, 4.69) is 5.32 Å². The van der Waals surface area contributed by atoms with Crippen molar-refractivity contribution < 1.29 is 19.8 Å². The number of hydrogen-bond acceptors (Lipinski definition) is 4. The normalized spacial score (nSPS) is 31.8. The van der Waals surface area contributed by atoms with E-state index in [1.807, 2.05) is 0 Å². The van der Waals surface area contributed by atoms with E-state index >= 15 is 0 Å². The number of aliphatic hydroxyl groups excluding tert-OH is 1. The minimum atomic E-state index is -1.03. The van der Waals surface area contributed by atoms with Crippen molar-refractivity contribution in [1.82, 2.24) is 10.2 Å². The Morgan fingerprint density at radius 2 is 2.17 bits per heavy atom. The number of nitrogens with one attached hydrogen (secondary N) is 1. The number of β-amino-alcohol motifs (C(OH)–C–C–N with tert-alkyl or cyclic N) is 1. The molecule has 0 saturated carbocycles. The number of nitrogens with zero attached hydrogens (tertiary/aromatic N) is 1. The largest absolute Gasteiger partial charge is 0.480 e. The fourth-order valence-corrected chi connectivity index (χ4v) is 2.76. The van der Waals surface area contributed by atoms with Crippen LogP contribution in [0.4, 0.5) is 0 Å². The summed E-state index contributed by atoms with van der Waals surface area (Å²) in [6, 6.07) is -0.853. The number of aliphatic hydroxyl groups is 1. The minimum Gasteiger partial charge on any atom is -0.480 e. The van der Waals surface area contributed by atoms with Crippen LogP contribution in [0.1, 0.15) is 25.7 Å². The van der Waals surface area contributed by atoms with Crippen molar-refractivity contribution in [2.45, 2.75) is 37.8 Å². The summed E-state index contributed by atoms with van der Waals surface area (Å²) < 4.78 is 0. The summed E-state index contributed by atoms with van der Waals surface area (Å²) in [5.74, 6) is -0.655. The average Bonchev–Trinajstić information content (AvgIpc) is 2.94. The van der Waals surface area contributed by atoms with Crippen molar-refractivity contribution in [3.63, 3.8) is 0 Å². The second-order valence-electron chi connectivity index (χ2n) is 5.19. The van der Waals surface area contributed by atoms with Crippen LogP contribution in [-0.2, 0) is 9.59 Å². The van der Waals surface area contributed by atoms with Crippen LogP contribution in [0.25, 0.3) is 0 Å². The van der Waals surface area contributed by atoms with Crippen LogP contribution in [0.2, 0.25) is 0 Å². The van der Waals surface area contributed by atoms with Gasteiger partial charge < -0.3 is 20.4 Å². The van der Waals surface area contributed by atoms with E-state index in [-0.39, 0.29) is 18.9 Å². The van der Waals surface area contributed by atoms with Gasteiger partial charge in [0.05, 0.1) is 6.10 Å². The first-order valence-corrected chi connectivity index (χ1v) is 6.49. The lowest BCUT2D eigenvalue weighted by molar-refractivity contribution is -0.148. The highest BCUT2D eigenvalue weighted by Gasteiger charge is 2.38. The third-order valence-corrected chi connectivity index (χ3v) is 3.81. The standard InChI is InChI=1S/C12H20N2O4/c15-9-5-10(12(17)18)14(7-9)11(16)2-1-8-3-4-13-6-8/h8-10,13,15H,1-7H2,(H,17,18). The van der Waals surface area contributed by atoms with Crippen molar-refractivity contribution in [3.05, 3.63) is 0 Å². The molecule has 3 atom stereocenters. The van der Waals surface area contributed by atoms with Crippen molar-refractivity contribution in [2.24, 2.45) is 5.92 Å². The van der Waals surface area contributed by atoms with Crippen molar-refractivity contribution in [1.29, 1.82) is 0 Å². The van der Waals surface area contributed by atoms with E-state index in [0.717, 1.165) is 25.9 Å². The number of amides is 1. The van der Waals surface area contributed by atoms with Gasteiger partial charge in [-0.1, -0.05) is 0 Å². The molecule has 18 heavy (non-hydrogen) atoms. The van der Waals surface area contributed by atoms with Gasteiger partial charge in [-0.3, -0.25) is 4.79 Å². The molecule has 0 aromatic heterocycles. The Kier molecular flexibility index (Phi) is 4.19. The van der Waals surface area contributed by atoms with Crippen molar-refractivity contribution in [2.75, 3.05) is 19.6 Å². The topological polar surface area (TPSA) is 89.9 Å². The Hall–Kier alpha value is -1.14. The molecule has 2 aliphatic rings. The van der Waals surface area contributed by atoms with Crippen LogP contribution in [0.15, 0.2) is 0 Å². The van der Waals surface area contributed by atoms with Crippen LogP contribution < -0.4 is 5.32 Å². The number of carbonyl (C=O) groups is 2. The maximum absolute atomic E-state index is 12.0. The zero-order chi connectivity index (χ0) is 13.1. The molecule has 2 fully saturated rings. The molecule has 2 saturated heterocycles. The van der Waals surface area contributed by atoms with Gasteiger partial charge in [-0.2, -0.15) is 0 Å². The summed E-state index contributed by atoms with van der Waals surface area (Å²) in [6.07, 6.45) is 1.70. The van der Waals surface area contributed by atoms with E-state index in [1.54, 1.807) is 0 Å². The second kappa shape index (κ2) is 5.67. The summed E-state index contributed by atoms with van der Waals surface area (Å²) >= 11 is 0. The Balaban J connectivity index is 1.85. The maximum atomic E-state index is 12.0. The van der Waals surface area contributed by atoms with E-state index in [0.29, 0.717) is 12.3 Å². The first-order chi connectivity index (χ1) is 8.58. The number of hydrogen-bond donors (Lipinski definition) is 3. The highest BCUT2D eigenvalue weighted by atomic mass is 16.4. The predicted molar refractivity (Wildman–Crippen MR) is 64.0 cm³/mol. The van der Waals surface area contributed by atoms with Crippen LogP contribution >= 0.6 is 0 Å².